The molecule has 0 unspecified atom stereocenters. The van der Waals surface area contributed by atoms with Gasteiger partial charge in [0.05, 0.1) is 12.3 Å². The Morgan fingerprint density at radius 1 is 1.16 bits per heavy atom. The third kappa shape index (κ3) is 2.67. The van der Waals surface area contributed by atoms with Crippen molar-refractivity contribution in [3.05, 3.63) is 40.6 Å². The van der Waals surface area contributed by atoms with E-state index >= 15 is 0 Å². The van der Waals surface area contributed by atoms with Crippen LogP contribution in [0.2, 0.25) is 0 Å². The number of benzene rings is 1. The molecule has 4 nitrogen and oxygen atoms in total. The Labute approximate surface area is 112 Å². The summed E-state index contributed by atoms with van der Waals surface area (Å²) in [6.07, 6.45) is 0. The van der Waals surface area contributed by atoms with Crippen molar-refractivity contribution in [3.63, 3.8) is 0 Å². The van der Waals surface area contributed by atoms with E-state index in [4.69, 9.17) is 4.74 Å². The van der Waals surface area contributed by atoms with Crippen LogP contribution in [0, 0.1) is 20.8 Å². The second-order valence-electron chi connectivity index (χ2n) is 4.64. The number of hydrogen-bond acceptors (Lipinski definition) is 3. The first-order chi connectivity index (χ1) is 9.02. The molecule has 0 atom stereocenters. The van der Waals surface area contributed by atoms with E-state index in [1.807, 2.05) is 6.92 Å². The number of aryl methyl sites for hydroxylation is 3. The fourth-order valence-electron chi connectivity index (χ4n) is 2.01. The first-order valence-corrected chi connectivity index (χ1v) is 6.33. The summed E-state index contributed by atoms with van der Waals surface area (Å²) in [5.74, 6) is -0.372. The lowest BCUT2D eigenvalue weighted by Gasteiger charge is -2.07. The fraction of sp³-hybridized carbons (Fsp3) is 0.333. The van der Waals surface area contributed by atoms with Gasteiger partial charge in [0.2, 0.25) is 0 Å². The third-order valence-electron chi connectivity index (χ3n) is 3.19. The number of carbonyl (C=O) groups is 1. The summed E-state index contributed by atoms with van der Waals surface area (Å²) in [6, 6.07) is 5.95. The van der Waals surface area contributed by atoms with E-state index in [0.29, 0.717) is 12.3 Å². The molecule has 2 aromatic rings. The molecule has 1 N–H and O–H groups in total. The van der Waals surface area contributed by atoms with E-state index in [-0.39, 0.29) is 5.97 Å². The second kappa shape index (κ2) is 5.26. The van der Waals surface area contributed by atoms with Gasteiger partial charge in [0.15, 0.2) is 0 Å². The average Bonchev–Trinajstić information content (AvgIpc) is 2.83. The summed E-state index contributed by atoms with van der Waals surface area (Å²) in [5, 5.41) is 6.92. The van der Waals surface area contributed by atoms with Gasteiger partial charge in [-0.25, -0.2) is 4.79 Å². The number of nitrogens with one attached hydrogen (secondary N) is 1. The summed E-state index contributed by atoms with van der Waals surface area (Å²) in [4.78, 5) is 11.6. The Morgan fingerprint density at radius 2 is 1.84 bits per heavy atom. The normalized spacial score (nSPS) is 10.5. The molecular weight excluding hydrogens is 240 g/mol. The first-order valence-electron chi connectivity index (χ1n) is 6.33. The number of carbonyl (C=O) groups excluding carboxylic acids is 1. The minimum atomic E-state index is -0.372. The number of esters is 1. The van der Waals surface area contributed by atoms with Crippen LogP contribution in [0.15, 0.2) is 18.2 Å². The number of rotatable bonds is 3. The van der Waals surface area contributed by atoms with Crippen molar-refractivity contribution in [1.29, 1.82) is 0 Å². The van der Waals surface area contributed by atoms with Crippen LogP contribution in [-0.2, 0) is 4.74 Å². The largest absolute Gasteiger partial charge is 0.461 e. The predicted octanol–water partition coefficient (Wildman–Crippen LogP) is 3.18. The monoisotopic (exact) mass is 258 g/mol. The van der Waals surface area contributed by atoms with E-state index in [2.05, 4.69) is 36.2 Å². The molecule has 1 aromatic heterocycles. The minimum absolute atomic E-state index is 0.357. The highest BCUT2D eigenvalue weighted by Gasteiger charge is 2.13. The van der Waals surface area contributed by atoms with Gasteiger partial charge in [-0.2, -0.15) is 5.10 Å². The summed E-state index contributed by atoms with van der Waals surface area (Å²) < 4.78 is 4.94. The van der Waals surface area contributed by atoms with Crippen molar-refractivity contribution in [2.24, 2.45) is 0 Å². The SMILES string of the molecule is CCOC(=O)c1cc(-c2cc(C)c(C)cc2C)n[nH]1. The molecule has 0 spiro atoms. The lowest BCUT2D eigenvalue weighted by Crippen LogP contribution is -2.04. The zero-order valence-corrected chi connectivity index (χ0v) is 11.7. The Bertz CT molecular complexity index is 615. The molecular formula is C15H18N2O2. The molecule has 0 saturated heterocycles. The van der Waals surface area contributed by atoms with Crippen molar-refractivity contribution in [3.8, 4) is 11.3 Å². The van der Waals surface area contributed by atoms with Crippen LogP contribution in [0.4, 0.5) is 0 Å². The molecule has 100 valence electrons. The van der Waals surface area contributed by atoms with Crippen molar-refractivity contribution in [2.75, 3.05) is 6.61 Å². The molecule has 0 aliphatic carbocycles. The minimum Gasteiger partial charge on any atom is -0.461 e. The van der Waals surface area contributed by atoms with Gasteiger partial charge in [0.25, 0.3) is 0 Å². The zero-order valence-electron chi connectivity index (χ0n) is 11.7. The first kappa shape index (κ1) is 13.3. The van der Waals surface area contributed by atoms with Gasteiger partial charge in [-0.15, -0.1) is 0 Å². The molecule has 1 aromatic carbocycles. The highest BCUT2D eigenvalue weighted by molar-refractivity contribution is 5.88. The molecule has 19 heavy (non-hydrogen) atoms. The van der Waals surface area contributed by atoms with Gasteiger partial charge in [0.1, 0.15) is 5.69 Å². The average molecular weight is 258 g/mol. The lowest BCUT2D eigenvalue weighted by molar-refractivity contribution is 0.0519. The maximum absolute atomic E-state index is 11.6. The van der Waals surface area contributed by atoms with Crippen molar-refractivity contribution in [2.45, 2.75) is 27.7 Å². The van der Waals surface area contributed by atoms with Crippen molar-refractivity contribution >= 4 is 5.97 Å². The summed E-state index contributed by atoms with van der Waals surface area (Å²) in [7, 11) is 0. The molecule has 0 fully saturated rings. The van der Waals surface area contributed by atoms with Crippen molar-refractivity contribution < 1.29 is 9.53 Å². The Balaban J connectivity index is 2.38. The van der Waals surface area contributed by atoms with Crippen LogP contribution in [0.25, 0.3) is 11.3 Å². The Kier molecular flexibility index (Phi) is 3.69. The standard InChI is InChI=1S/C15H18N2O2/c1-5-19-15(18)14-8-13(16-17-14)12-7-10(3)9(2)6-11(12)4/h6-8H,5H2,1-4H3,(H,16,17). The maximum Gasteiger partial charge on any atom is 0.356 e. The van der Waals surface area contributed by atoms with Gasteiger partial charge in [0, 0.05) is 5.56 Å². The zero-order chi connectivity index (χ0) is 14.0. The number of nitrogens with zero attached hydrogens (tertiary/aromatic N) is 1. The predicted molar refractivity (Wildman–Crippen MR) is 74.2 cm³/mol. The molecule has 0 saturated carbocycles. The van der Waals surface area contributed by atoms with E-state index < -0.39 is 0 Å². The van der Waals surface area contributed by atoms with Crippen LogP contribution < -0.4 is 0 Å². The molecule has 0 bridgehead atoms. The fourth-order valence-corrected chi connectivity index (χ4v) is 2.01. The molecule has 2 rings (SSSR count). The van der Waals surface area contributed by atoms with Gasteiger partial charge in [-0.3, -0.25) is 5.10 Å². The summed E-state index contributed by atoms with van der Waals surface area (Å²) in [5.41, 5.74) is 5.79. The number of ether oxygens (including phenoxy) is 1. The van der Waals surface area contributed by atoms with E-state index in [1.54, 1.807) is 13.0 Å². The summed E-state index contributed by atoms with van der Waals surface area (Å²) >= 11 is 0. The highest BCUT2D eigenvalue weighted by atomic mass is 16.5. The number of H-pyrrole nitrogens is 1. The highest BCUT2D eigenvalue weighted by Crippen LogP contribution is 2.25. The molecule has 0 radical (unpaired) electrons. The van der Waals surface area contributed by atoms with E-state index in [9.17, 15) is 4.79 Å². The van der Waals surface area contributed by atoms with Crippen molar-refractivity contribution in [1.82, 2.24) is 10.2 Å². The molecule has 1 heterocycles. The van der Waals surface area contributed by atoms with Gasteiger partial charge in [-0.1, -0.05) is 6.07 Å². The molecule has 0 aliphatic heterocycles. The number of aromatic amines is 1. The van der Waals surface area contributed by atoms with Crippen LogP contribution >= 0.6 is 0 Å². The van der Waals surface area contributed by atoms with Crippen LogP contribution in [0.1, 0.15) is 34.1 Å². The van der Waals surface area contributed by atoms with Gasteiger partial charge < -0.3 is 4.74 Å². The number of aromatic nitrogens is 2. The maximum atomic E-state index is 11.6. The van der Waals surface area contributed by atoms with E-state index in [0.717, 1.165) is 16.8 Å². The van der Waals surface area contributed by atoms with Gasteiger partial charge in [-0.05, 0) is 56.5 Å². The third-order valence-corrected chi connectivity index (χ3v) is 3.19. The molecule has 0 amide bonds. The topological polar surface area (TPSA) is 55.0 Å². The molecule has 4 heteroatoms. The Hall–Kier alpha value is -2.10. The van der Waals surface area contributed by atoms with Crippen LogP contribution in [0.5, 0.6) is 0 Å². The number of hydrogen-bond donors (Lipinski definition) is 1. The second-order valence-corrected chi connectivity index (χ2v) is 4.64. The van der Waals surface area contributed by atoms with Crippen LogP contribution in [-0.4, -0.2) is 22.8 Å². The van der Waals surface area contributed by atoms with Crippen LogP contribution in [0.3, 0.4) is 0 Å². The van der Waals surface area contributed by atoms with Gasteiger partial charge >= 0.3 is 5.97 Å². The molecule has 0 aliphatic rings. The quantitative estimate of drug-likeness (QED) is 0.860. The lowest BCUT2D eigenvalue weighted by atomic mass is 9.99. The smallest absolute Gasteiger partial charge is 0.356 e. The summed E-state index contributed by atoms with van der Waals surface area (Å²) in [6.45, 7) is 8.33. The Morgan fingerprint density at radius 3 is 2.53 bits per heavy atom. The van der Waals surface area contributed by atoms with E-state index in [1.165, 1.54) is 11.1 Å².